The second-order valence-corrected chi connectivity index (χ2v) is 6.66. The summed E-state index contributed by atoms with van der Waals surface area (Å²) in [5, 5.41) is 0. The number of methoxy groups -OCH3 is 1. The number of ether oxygens (including phenoxy) is 3. The van der Waals surface area contributed by atoms with Crippen LogP contribution in [0.1, 0.15) is 23.5 Å². The minimum absolute atomic E-state index is 0.0157. The van der Waals surface area contributed by atoms with E-state index in [0.29, 0.717) is 13.0 Å². The Hall–Kier alpha value is -2.86. The van der Waals surface area contributed by atoms with Crippen LogP contribution in [0, 0.1) is 0 Å². The van der Waals surface area contributed by atoms with Crippen LogP contribution in [0.25, 0.3) is 11.1 Å². The molecule has 6 nitrogen and oxygen atoms in total. The Kier molecular flexibility index (Phi) is 4.81. The van der Waals surface area contributed by atoms with Crippen LogP contribution in [-0.2, 0) is 19.0 Å². The molecule has 0 aromatic heterocycles. The summed E-state index contributed by atoms with van der Waals surface area (Å²) in [7, 11) is 1.55. The van der Waals surface area contributed by atoms with Crippen molar-refractivity contribution in [1.82, 2.24) is 4.90 Å². The van der Waals surface area contributed by atoms with E-state index in [2.05, 4.69) is 24.3 Å². The highest BCUT2D eigenvalue weighted by Gasteiger charge is 2.39. The second-order valence-electron chi connectivity index (χ2n) is 6.66. The lowest BCUT2D eigenvalue weighted by molar-refractivity contribution is -0.139. The molecule has 1 amide bonds. The average Bonchev–Trinajstić information content (AvgIpc) is 3.22. The van der Waals surface area contributed by atoms with Crippen molar-refractivity contribution in [2.45, 2.75) is 18.4 Å². The molecule has 1 atom stereocenters. The molecule has 1 saturated heterocycles. The van der Waals surface area contributed by atoms with Crippen LogP contribution in [0.15, 0.2) is 48.5 Å². The van der Waals surface area contributed by atoms with Gasteiger partial charge in [0, 0.05) is 26.1 Å². The summed E-state index contributed by atoms with van der Waals surface area (Å²) in [5.74, 6) is -0.432. The number of rotatable bonds is 5. The zero-order chi connectivity index (χ0) is 18.8. The van der Waals surface area contributed by atoms with Gasteiger partial charge in [-0.2, -0.15) is 0 Å². The molecular weight excluding hydrogens is 346 g/mol. The summed E-state index contributed by atoms with van der Waals surface area (Å²) in [6.07, 6.45) is -0.150. The highest BCUT2D eigenvalue weighted by atomic mass is 16.6. The van der Waals surface area contributed by atoms with Gasteiger partial charge in [0.25, 0.3) is 0 Å². The van der Waals surface area contributed by atoms with Crippen molar-refractivity contribution in [3.63, 3.8) is 0 Å². The van der Waals surface area contributed by atoms with Gasteiger partial charge in [-0.3, -0.25) is 4.90 Å². The average molecular weight is 367 g/mol. The van der Waals surface area contributed by atoms with Gasteiger partial charge in [-0.05, 0) is 22.3 Å². The monoisotopic (exact) mass is 367 g/mol. The standard InChI is InChI=1S/C21H21NO5/c1-25-11-10-19-20(23)27-13-22(19)21(24)26-12-18-16-8-4-2-6-14(16)15-7-3-5-9-17(15)18/h2-9,18-19H,10-13H2,1H3. The number of nitrogens with zero attached hydrogens (tertiary/aromatic N) is 1. The fourth-order valence-corrected chi connectivity index (χ4v) is 3.81. The summed E-state index contributed by atoms with van der Waals surface area (Å²) in [4.78, 5) is 25.8. The lowest BCUT2D eigenvalue weighted by atomic mass is 9.98. The van der Waals surface area contributed by atoms with E-state index < -0.39 is 18.1 Å². The maximum Gasteiger partial charge on any atom is 0.413 e. The number of hydrogen-bond acceptors (Lipinski definition) is 5. The van der Waals surface area contributed by atoms with E-state index in [-0.39, 0.29) is 19.3 Å². The van der Waals surface area contributed by atoms with Crippen molar-refractivity contribution < 1.29 is 23.8 Å². The number of hydrogen-bond donors (Lipinski definition) is 0. The molecule has 2 aliphatic rings. The Morgan fingerprint density at radius 2 is 1.74 bits per heavy atom. The van der Waals surface area contributed by atoms with Gasteiger partial charge in [-0.15, -0.1) is 0 Å². The maximum atomic E-state index is 12.6. The Bertz CT molecular complexity index is 820. The minimum atomic E-state index is -0.652. The predicted molar refractivity (Wildman–Crippen MR) is 98.1 cm³/mol. The molecule has 1 aliphatic carbocycles. The Morgan fingerprint density at radius 1 is 1.11 bits per heavy atom. The molecule has 1 heterocycles. The van der Waals surface area contributed by atoms with Crippen LogP contribution < -0.4 is 0 Å². The highest BCUT2D eigenvalue weighted by Crippen LogP contribution is 2.44. The fraction of sp³-hybridized carbons (Fsp3) is 0.333. The lowest BCUT2D eigenvalue weighted by Crippen LogP contribution is -2.39. The Labute approximate surface area is 157 Å². The van der Waals surface area contributed by atoms with Gasteiger partial charge >= 0.3 is 12.1 Å². The number of esters is 1. The maximum absolute atomic E-state index is 12.6. The molecule has 4 rings (SSSR count). The molecule has 0 N–H and O–H groups in total. The molecular formula is C21H21NO5. The van der Waals surface area contributed by atoms with Crippen LogP contribution in [0.5, 0.6) is 0 Å². The SMILES string of the molecule is COCCC1C(=O)OCN1C(=O)OCC1c2ccccc2-c2ccccc21. The summed E-state index contributed by atoms with van der Waals surface area (Å²) in [5.41, 5.74) is 4.64. The zero-order valence-corrected chi connectivity index (χ0v) is 15.1. The van der Waals surface area contributed by atoms with E-state index in [0.717, 1.165) is 11.1 Å². The van der Waals surface area contributed by atoms with Crippen molar-refractivity contribution in [2.75, 3.05) is 27.1 Å². The number of amides is 1. The first-order valence-corrected chi connectivity index (χ1v) is 8.98. The summed E-state index contributed by atoms with van der Waals surface area (Å²) in [6.45, 7) is 0.505. The molecule has 0 bridgehead atoms. The van der Waals surface area contributed by atoms with E-state index in [9.17, 15) is 9.59 Å². The number of fused-ring (bicyclic) bond motifs is 3. The van der Waals surface area contributed by atoms with Gasteiger partial charge in [0.1, 0.15) is 12.6 Å². The molecule has 1 unspecified atom stereocenters. The van der Waals surface area contributed by atoms with Crippen LogP contribution >= 0.6 is 0 Å². The van der Waals surface area contributed by atoms with E-state index in [1.807, 2.05) is 24.3 Å². The molecule has 6 heteroatoms. The molecule has 140 valence electrons. The molecule has 1 fully saturated rings. The van der Waals surface area contributed by atoms with Crippen LogP contribution in [0.3, 0.4) is 0 Å². The van der Waals surface area contributed by atoms with Gasteiger partial charge < -0.3 is 14.2 Å². The number of carbonyl (C=O) groups is 2. The Morgan fingerprint density at radius 3 is 2.37 bits per heavy atom. The molecule has 27 heavy (non-hydrogen) atoms. The van der Waals surface area contributed by atoms with Crippen LogP contribution in [-0.4, -0.2) is 50.1 Å². The Balaban J connectivity index is 1.49. The summed E-state index contributed by atoms with van der Waals surface area (Å²) < 4.78 is 15.6. The number of carbonyl (C=O) groups excluding carboxylic acids is 2. The molecule has 2 aromatic carbocycles. The van der Waals surface area contributed by atoms with Crippen LogP contribution in [0.2, 0.25) is 0 Å². The first kappa shape index (κ1) is 17.5. The molecule has 2 aromatic rings. The predicted octanol–water partition coefficient (Wildman–Crippen LogP) is 3.16. The van der Waals surface area contributed by atoms with E-state index in [1.54, 1.807) is 7.11 Å². The third-order valence-corrected chi connectivity index (χ3v) is 5.16. The third kappa shape index (κ3) is 3.17. The van der Waals surface area contributed by atoms with E-state index >= 15 is 0 Å². The van der Waals surface area contributed by atoms with Crippen molar-refractivity contribution in [3.05, 3.63) is 59.7 Å². The van der Waals surface area contributed by atoms with Gasteiger partial charge in [0.05, 0.1) is 0 Å². The molecule has 0 saturated carbocycles. The molecule has 1 aliphatic heterocycles. The van der Waals surface area contributed by atoms with Gasteiger partial charge in [0.2, 0.25) is 0 Å². The van der Waals surface area contributed by atoms with E-state index in [1.165, 1.54) is 16.0 Å². The van der Waals surface area contributed by atoms with Crippen molar-refractivity contribution in [2.24, 2.45) is 0 Å². The zero-order valence-electron chi connectivity index (χ0n) is 15.1. The summed E-state index contributed by atoms with van der Waals surface area (Å²) >= 11 is 0. The van der Waals surface area contributed by atoms with Gasteiger partial charge in [0.15, 0.2) is 6.73 Å². The largest absolute Gasteiger partial charge is 0.448 e. The number of benzene rings is 2. The van der Waals surface area contributed by atoms with Crippen molar-refractivity contribution in [3.8, 4) is 11.1 Å². The quantitative estimate of drug-likeness (QED) is 0.760. The van der Waals surface area contributed by atoms with Crippen LogP contribution in [0.4, 0.5) is 4.79 Å². The van der Waals surface area contributed by atoms with Crippen molar-refractivity contribution >= 4 is 12.1 Å². The fourth-order valence-electron chi connectivity index (χ4n) is 3.81. The highest BCUT2D eigenvalue weighted by molar-refractivity contribution is 5.84. The van der Waals surface area contributed by atoms with Crippen molar-refractivity contribution in [1.29, 1.82) is 0 Å². The first-order chi connectivity index (χ1) is 13.2. The second kappa shape index (κ2) is 7.40. The first-order valence-electron chi connectivity index (χ1n) is 8.98. The van der Waals surface area contributed by atoms with Gasteiger partial charge in [-0.1, -0.05) is 48.5 Å². The normalized spacial score (nSPS) is 18.2. The third-order valence-electron chi connectivity index (χ3n) is 5.16. The number of cyclic esters (lactones) is 1. The van der Waals surface area contributed by atoms with E-state index in [4.69, 9.17) is 14.2 Å². The lowest BCUT2D eigenvalue weighted by Gasteiger charge is -2.21. The van der Waals surface area contributed by atoms with Gasteiger partial charge in [-0.25, -0.2) is 9.59 Å². The smallest absolute Gasteiger partial charge is 0.413 e. The molecule has 0 radical (unpaired) electrons. The summed E-state index contributed by atoms with van der Waals surface area (Å²) in [6, 6.07) is 15.7. The molecule has 0 spiro atoms. The minimum Gasteiger partial charge on any atom is -0.448 e. The topological polar surface area (TPSA) is 65.1 Å².